The van der Waals surface area contributed by atoms with Gasteiger partial charge in [-0.15, -0.1) is 0 Å². The van der Waals surface area contributed by atoms with Crippen molar-refractivity contribution in [1.82, 2.24) is 15.0 Å². The lowest BCUT2D eigenvalue weighted by Gasteiger charge is -2.32. The van der Waals surface area contributed by atoms with Gasteiger partial charge < -0.3 is 9.80 Å². The highest BCUT2D eigenvalue weighted by atomic mass is 15.4. The molecule has 0 saturated heterocycles. The highest BCUT2D eigenvalue weighted by Gasteiger charge is 2.39. The number of pyridine rings is 1. The van der Waals surface area contributed by atoms with E-state index in [2.05, 4.69) is 175 Å². The minimum Gasteiger partial charge on any atom is -0.348 e. The zero-order valence-corrected chi connectivity index (χ0v) is 31.9. The Labute approximate surface area is 337 Å². The van der Waals surface area contributed by atoms with Crippen molar-refractivity contribution in [2.24, 2.45) is 0 Å². The van der Waals surface area contributed by atoms with Crippen molar-refractivity contribution in [2.75, 3.05) is 16.8 Å². The van der Waals surface area contributed by atoms with Gasteiger partial charge in [-0.05, 0) is 52.2 Å². The quantitative estimate of drug-likeness (QED) is 0.159. The third-order valence-electron chi connectivity index (χ3n) is 11.5. The molecule has 8 aromatic carbocycles. The fraction of sp³-hybridized carbons (Fsp3) is 0.0377. The molecule has 274 valence electrons. The molecular formula is C53H37N5. The van der Waals surface area contributed by atoms with Crippen molar-refractivity contribution in [3.8, 4) is 45.0 Å². The molecular weight excluding hydrogens is 707 g/mol. The molecule has 1 aliphatic heterocycles. The van der Waals surface area contributed by atoms with Crippen LogP contribution in [0.1, 0.15) is 11.7 Å². The second-order valence-corrected chi connectivity index (χ2v) is 14.9. The topological polar surface area (TPSA) is 45.2 Å². The fourth-order valence-corrected chi connectivity index (χ4v) is 8.79. The van der Waals surface area contributed by atoms with Crippen molar-refractivity contribution in [3.05, 3.63) is 206 Å². The van der Waals surface area contributed by atoms with Crippen molar-refractivity contribution < 1.29 is 0 Å². The Kier molecular flexibility index (Phi) is 8.04. The summed E-state index contributed by atoms with van der Waals surface area (Å²) < 4.78 is 0. The summed E-state index contributed by atoms with van der Waals surface area (Å²) in [5.41, 5.74) is 12.9. The molecule has 0 bridgehead atoms. The number of rotatable bonds is 6. The van der Waals surface area contributed by atoms with E-state index in [4.69, 9.17) is 15.0 Å². The molecule has 1 unspecified atom stereocenters. The van der Waals surface area contributed by atoms with Crippen LogP contribution in [-0.4, -0.2) is 22.0 Å². The van der Waals surface area contributed by atoms with Gasteiger partial charge >= 0.3 is 0 Å². The fourth-order valence-electron chi connectivity index (χ4n) is 8.79. The van der Waals surface area contributed by atoms with Gasteiger partial charge in [0.25, 0.3) is 0 Å². The second-order valence-electron chi connectivity index (χ2n) is 14.9. The van der Waals surface area contributed by atoms with Crippen molar-refractivity contribution >= 4 is 49.5 Å². The van der Waals surface area contributed by atoms with Crippen molar-refractivity contribution in [3.63, 3.8) is 0 Å². The molecule has 2 aromatic heterocycles. The first-order valence-electron chi connectivity index (χ1n) is 19.7. The highest BCUT2D eigenvalue weighted by molar-refractivity contribution is 6.21. The number of anilines is 3. The smallest absolute Gasteiger partial charge is 0.160 e. The van der Waals surface area contributed by atoms with E-state index in [1.165, 1.54) is 33.1 Å². The van der Waals surface area contributed by atoms with E-state index in [-0.39, 0.29) is 6.17 Å². The van der Waals surface area contributed by atoms with E-state index in [0.29, 0.717) is 5.82 Å². The first-order chi connectivity index (χ1) is 28.7. The van der Waals surface area contributed by atoms with E-state index in [1.807, 2.05) is 42.6 Å². The van der Waals surface area contributed by atoms with Crippen LogP contribution in [0.2, 0.25) is 0 Å². The number of aromatic nitrogens is 3. The second kappa shape index (κ2) is 13.8. The Morgan fingerprint density at radius 1 is 0.431 bits per heavy atom. The molecule has 0 spiro atoms. The molecule has 1 atom stereocenters. The van der Waals surface area contributed by atoms with Crippen LogP contribution in [0.4, 0.5) is 17.1 Å². The molecule has 0 saturated carbocycles. The van der Waals surface area contributed by atoms with Crippen LogP contribution in [0.25, 0.3) is 77.5 Å². The maximum absolute atomic E-state index is 5.05. The van der Waals surface area contributed by atoms with Crippen LogP contribution in [0.5, 0.6) is 0 Å². The van der Waals surface area contributed by atoms with E-state index in [1.54, 1.807) is 0 Å². The number of nitrogens with zero attached hydrogens (tertiary/aromatic N) is 5. The summed E-state index contributed by atoms with van der Waals surface area (Å²) in [6, 6.07) is 68.7. The predicted octanol–water partition coefficient (Wildman–Crippen LogP) is 13.3. The molecule has 0 radical (unpaired) electrons. The lowest BCUT2D eigenvalue weighted by Crippen LogP contribution is -2.30. The van der Waals surface area contributed by atoms with E-state index in [0.717, 1.165) is 61.2 Å². The molecule has 0 aliphatic carbocycles. The normalized spacial score (nSPS) is 13.7. The van der Waals surface area contributed by atoms with E-state index >= 15 is 0 Å². The summed E-state index contributed by atoms with van der Waals surface area (Å²) in [4.78, 5) is 20.0. The number of hydrogen-bond donors (Lipinski definition) is 0. The van der Waals surface area contributed by atoms with Gasteiger partial charge in [-0.1, -0.05) is 164 Å². The molecule has 10 aromatic rings. The standard InChI is InChI=1S/C53H37N5/c1-57-50-44-22-11-10-21-43(44)49-46(24-13-33-54-49)51(50)58(53(57)45-23-12-19-37-14-8-9-20-42(37)45)41-31-29-36(30-32-41)35-25-27-39(28-26-35)48-34-47(38-15-4-2-5-16-38)55-52(56-48)40-17-6-3-7-18-40/h2-34,53H,1H3. The Morgan fingerprint density at radius 2 is 0.983 bits per heavy atom. The Morgan fingerprint density at radius 3 is 1.71 bits per heavy atom. The average molecular weight is 744 g/mol. The van der Waals surface area contributed by atoms with Crippen LogP contribution in [-0.2, 0) is 0 Å². The van der Waals surface area contributed by atoms with Gasteiger partial charge in [-0.25, -0.2) is 9.97 Å². The summed E-state index contributed by atoms with van der Waals surface area (Å²) in [6.07, 6.45) is 1.82. The molecule has 1 aliphatic rings. The molecule has 5 heteroatoms. The van der Waals surface area contributed by atoms with Gasteiger partial charge in [0, 0.05) is 57.3 Å². The maximum atomic E-state index is 5.05. The number of fused-ring (bicyclic) bond motifs is 7. The van der Waals surface area contributed by atoms with Gasteiger partial charge in [-0.2, -0.15) is 0 Å². The Hall–Kier alpha value is -7.63. The van der Waals surface area contributed by atoms with Gasteiger partial charge in [0.15, 0.2) is 5.82 Å². The molecule has 5 nitrogen and oxygen atoms in total. The maximum Gasteiger partial charge on any atom is 0.160 e. The molecule has 0 amide bonds. The van der Waals surface area contributed by atoms with Crippen LogP contribution in [0.3, 0.4) is 0 Å². The monoisotopic (exact) mass is 743 g/mol. The van der Waals surface area contributed by atoms with Crippen LogP contribution in [0, 0.1) is 0 Å². The van der Waals surface area contributed by atoms with Gasteiger partial charge in [-0.3, -0.25) is 4.98 Å². The third kappa shape index (κ3) is 5.59. The molecule has 0 N–H and O–H groups in total. The van der Waals surface area contributed by atoms with E-state index in [9.17, 15) is 0 Å². The number of benzene rings is 8. The van der Waals surface area contributed by atoms with Crippen LogP contribution in [0.15, 0.2) is 200 Å². The summed E-state index contributed by atoms with van der Waals surface area (Å²) in [7, 11) is 2.24. The lowest BCUT2D eigenvalue weighted by molar-refractivity contribution is 0.726. The predicted molar refractivity (Wildman–Crippen MR) is 240 cm³/mol. The SMILES string of the molecule is CN1c2c(c3cccnc3c3ccccc23)N(c2ccc(-c3ccc(-c4cc(-c5ccccc5)nc(-c5ccccc5)n4)cc3)cc2)C1c1cccc2ccccc12. The van der Waals surface area contributed by atoms with E-state index < -0.39 is 0 Å². The first kappa shape index (κ1) is 33.7. The molecule has 11 rings (SSSR count). The first-order valence-corrected chi connectivity index (χ1v) is 19.7. The highest BCUT2D eigenvalue weighted by Crippen LogP contribution is 2.56. The zero-order chi connectivity index (χ0) is 38.6. The van der Waals surface area contributed by atoms with Gasteiger partial charge in [0.1, 0.15) is 6.17 Å². The summed E-state index contributed by atoms with van der Waals surface area (Å²) >= 11 is 0. The van der Waals surface area contributed by atoms with Crippen molar-refractivity contribution in [1.29, 1.82) is 0 Å². The van der Waals surface area contributed by atoms with Crippen LogP contribution < -0.4 is 9.80 Å². The third-order valence-corrected chi connectivity index (χ3v) is 11.5. The van der Waals surface area contributed by atoms with Crippen molar-refractivity contribution in [2.45, 2.75) is 6.17 Å². The molecule has 58 heavy (non-hydrogen) atoms. The minimum absolute atomic E-state index is 0.0881. The largest absolute Gasteiger partial charge is 0.348 e. The molecule has 0 fully saturated rings. The summed E-state index contributed by atoms with van der Waals surface area (Å²) in [5.74, 6) is 0.712. The number of hydrogen-bond acceptors (Lipinski definition) is 5. The average Bonchev–Trinajstić information content (AvgIpc) is 3.62. The van der Waals surface area contributed by atoms with Gasteiger partial charge in [0.2, 0.25) is 0 Å². The minimum atomic E-state index is -0.0881. The Bertz CT molecular complexity index is 3060. The summed E-state index contributed by atoms with van der Waals surface area (Å²) in [5, 5.41) is 5.98. The zero-order valence-electron chi connectivity index (χ0n) is 31.9. The van der Waals surface area contributed by atoms with Gasteiger partial charge in [0.05, 0.1) is 28.3 Å². The van der Waals surface area contributed by atoms with Crippen LogP contribution >= 0.6 is 0 Å². The Balaban J connectivity index is 1.01. The molecule has 3 heterocycles. The summed E-state index contributed by atoms with van der Waals surface area (Å²) in [6.45, 7) is 0. The lowest BCUT2D eigenvalue weighted by atomic mass is 9.99.